The third-order valence-electron chi connectivity index (χ3n) is 3.35. The lowest BCUT2D eigenvalue weighted by Gasteiger charge is -2.10. The van der Waals surface area contributed by atoms with Crippen LogP contribution in [-0.2, 0) is 16.1 Å². The molecule has 0 N–H and O–H groups in total. The number of nitro groups is 1. The van der Waals surface area contributed by atoms with Crippen LogP contribution in [0.4, 0.5) is 0 Å². The van der Waals surface area contributed by atoms with Gasteiger partial charge in [-0.2, -0.15) is 4.80 Å². The molecule has 0 aliphatic carbocycles. The van der Waals surface area contributed by atoms with Crippen LogP contribution in [0.3, 0.4) is 0 Å². The third-order valence-corrected chi connectivity index (χ3v) is 3.35. The molecular weight excluding hydrogens is 302 g/mol. The first-order valence-electron chi connectivity index (χ1n) is 8.23. The van der Waals surface area contributed by atoms with Crippen molar-refractivity contribution in [3.05, 3.63) is 15.9 Å². The lowest BCUT2D eigenvalue weighted by molar-refractivity contribution is -0.487. The smallest absolute Gasteiger partial charge is 0.227 e. The highest BCUT2D eigenvalue weighted by molar-refractivity contribution is 4.74. The zero-order valence-electron chi connectivity index (χ0n) is 14.0. The molecule has 0 fully saturated rings. The molecule has 0 aliphatic rings. The highest BCUT2D eigenvalue weighted by Crippen LogP contribution is 2.15. The van der Waals surface area contributed by atoms with E-state index in [-0.39, 0.29) is 24.1 Å². The quantitative estimate of drug-likeness (QED) is 0.292. The Bertz CT molecular complexity index is 441. The van der Waals surface area contributed by atoms with Crippen LogP contribution in [0, 0.1) is 10.1 Å². The van der Waals surface area contributed by atoms with Gasteiger partial charge < -0.3 is 9.47 Å². The average molecular weight is 329 g/mol. The van der Waals surface area contributed by atoms with E-state index in [1.165, 1.54) is 4.80 Å². The summed E-state index contributed by atoms with van der Waals surface area (Å²) in [6.07, 6.45) is 4.93. The van der Waals surface area contributed by atoms with E-state index in [1.807, 2.05) is 6.92 Å². The molecule has 1 aromatic heterocycles. The lowest BCUT2D eigenvalue weighted by atomic mass is 10.1. The van der Waals surface area contributed by atoms with E-state index < -0.39 is 0 Å². The van der Waals surface area contributed by atoms with Crippen molar-refractivity contribution in [2.24, 2.45) is 0 Å². The predicted octanol–water partition coefficient (Wildman–Crippen LogP) is 2.01. The van der Waals surface area contributed by atoms with Gasteiger partial charge in [-0.3, -0.25) is 10.1 Å². The van der Waals surface area contributed by atoms with Gasteiger partial charge in [0, 0.05) is 11.5 Å². The second kappa shape index (κ2) is 11.9. The van der Waals surface area contributed by atoms with Crippen LogP contribution < -0.4 is 0 Å². The highest BCUT2D eigenvalue weighted by Gasteiger charge is 2.20. The van der Waals surface area contributed by atoms with Gasteiger partial charge in [-0.05, 0) is 18.6 Å². The molecule has 0 aromatic carbocycles. The Balaban J connectivity index is 2.45. The minimum absolute atomic E-state index is 0.187. The Morgan fingerprint density at radius 1 is 1.22 bits per heavy atom. The largest absolute Gasteiger partial charge is 0.379 e. The number of aromatic nitrogens is 4. The Hall–Kier alpha value is -1.61. The second-order valence-electron chi connectivity index (χ2n) is 5.29. The van der Waals surface area contributed by atoms with Gasteiger partial charge in [-0.15, -0.1) is 10.2 Å². The first-order chi connectivity index (χ1) is 11.2. The fourth-order valence-corrected chi connectivity index (χ4v) is 2.15. The lowest BCUT2D eigenvalue weighted by Crippen LogP contribution is -2.21. The molecule has 0 spiro atoms. The van der Waals surface area contributed by atoms with Gasteiger partial charge in [0.05, 0.1) is 13.2 Å². The van der Waals surface area contributed by atoms with Crippen molar-refractivity contribution in [1.29, 1.82) is 0 Å². The SMILES string of the molecule is CCCCCCC(C[N+](=O)[O-])n1nnc(COCCOCC)n1. The molecule has 0 saturated heterocycles. The number of rotatable bonds is 14. The van der Waals surface area contributed by atoms with Gasteiger partial charge >= 0.3 is 0 Å². The van der Waals surface area contributed by atoms with E-state index in [0.29, 0.717) is 32.1 Å². The van der Waals surface area contributed by atoms with Crippen molar-refractivity contribution in [2.75, 3.05) is 26.4 Å². The summed E-state index contributed by atoms with van der Waals surface area (Å²) in [5.41, 5.74) is 0. The minimum Gasteiger partial charge on any atom is -0.379 e. The first-order valence-corrected chi connectivity index (χ1v) is 8.23. The number of unbranched alkanes of at least 4 members (excludes halogenated alkanes) is 3. The fraction of sp³-hybridized carbons (Fsp3) is 0.929. The summed E-state index contributed by atoms with van der Waals surface area (Å²) in [7, 11) is 0. The summed E-state index contributed by atoms with van der Waals surface area (Å²) in [6.45, 7) is 5.72. The highest BCUT2D eigenvalue weighted by atomic mass is 16.6. The van der Waals surface area contributed by atoms with E-state index >= 15 is 0 Å². The number of hydrogen-bond acceptors (Lipinski definition) is 7. The van der Waals surface area contributed by atoms with E-state index in [0.717, 1.165) is 25.7 Å². The minimum atomic E-state index is -0.355. The molecule has 132 valence electrons. The van der Waals surface area contributed by atoms with Crippen molar-refractivity contribution in [2.45, 2.75) is 58.6 Å². The molecule has 9 nitrogen and oxygen atoms in total. The maximum absolute atomic E-state index is 10.8. The van der Waals surface area contributed by atoms with Gasteiger partial charge in [0.25, 0.3) is 0 Å². The van der Waals surface area contributed by atoms with Crippen LogP contribution in [0.25, 0.3) is 0 Å². The van der Waals surface area contributed by atoms with Crippen molar-refractivity contribution in [1.82, 2.24) is 20.2 Å². The zero-order chi connectivity index (χ0) is 16.9. The van der Waals surface area contributed by atoms with Crippen LogP contribution >= 0.6 is 0 Å². The topological polar surface area (TPSA) is 105 Å². The molecule has 1 aromatic rings. The van der Waals surface area contributed by atoms with Crippen LogP contribution in [0.2, 0.25) is 0 Å². The van der Waals surface area contributed by atoms with Crippen LogP contribution in [0.15, 0.2) is 0 Å². The van der Waals surface area contributed by atoms with Gasteiger partial charge in [0.15, 0.2) is 5.82 Å². The fourth-order valence-electron chi connectivity index (χ4n) is 2.15. The summed E-state index contributed by atoms with van der Waals surface area (Å²) in [5, 5.41) is 22.9. The summed E-state index contributed by atoms with van der Waals surface area (Å²) in [5.74, 6) is 0.434. The molecule has 1 heterocycles. The van der Waals surface area contributed by atoms with Gasteiger partial charge in [-0.25, -0.2) is 0 Å². The molecule has 0 amide bonds. The van der Waals surface area contributed by atoms with E-state index in [4.69, 9.17) is 9.47 Å². The second-order valence-corrected chi connectivity index (χ2v) is 5.29. The summed E-state index contributed by atoms with van der Waals surface area (Å²) in [4.78, 5) is 11.9. The molecule has 1 atom stereocenters. The third kappa shape index (κ3) is 8.56. The molecule has 0 saturated carbocycles. The van der Waals surface area contributed by atoms with Gasteiger partial charge in [0.2, 0.25) is 6.54 Å². The molecule has 1 rings (SSSR count). The first kappa shape index (κ1) is 19.4. The predicted molar refractivity (Wildman–Crippen MR) is 83.6 cm³/mol. The van der Waals surface area contributed by atoms with E-state index in [2.05, 4.69) is 22.3 Å². The summed E-state index contributed by atoms with van der Waals surface area (Å²) < 4.78 is 10.5. The molecule has 0 radical (unpaired) electrons. The molecule has 23 heavy (non-hydrogen) atoms. The molecule has 0 bridgehead atoms. The maximum atomic E-state index is 10.8. The maximum Gasteiger partial charge on any atom is 0.227 e. The standard InChI is InChI=1S/C14H27N5O4/c1-3-5-6-7-8-13(11-18(20)21)19-16-14(15-17-19)12-23-10-9-22-4-2/h13H,3-12H2,1-2H3. The monoisotopic (exact) mass is 329 g/mol. The van der Waals surface area contributed by atoms with Gasteiger partial charge in [0.1, 0.15) is 12.6 Å². The number of hydrogen-bond donors (Lipinski definition) is 0. The van der Waals surface area contributed by atoms with Crippen LogP contribution in [0.5, 0.6) is 0 Å². The number of nitrogens with zero attached hydrogens (tertiary/aromatic N) is 5. The van der Waals surface area contributed by atoms with Crippen molar-refractivity contribution >= 4 is 0 Å². The van der Waals surface area contributed by atoms with Crippen LogP contribution in [0.1, 0.15) is 57.8 Å². The molecular formula is C14H27N5O4. The summed E-state index contributed by atoms with van der Waals surface area (Å²) in [6, 6.07) is -0.355. The molecule has 0 aliphatic heterocycles. The van der Waals surface area contributed by atoms with Crippen molar-refractivity contribution < 1.29 is 14.4 Å². The van der Waals surface area contributed by atoms with Crippen molar-refractivity contribution in [3.8, 4) is 0 Å². The molecule has 1 unspecified atom stereocenters. The number of ether oxygens (including phenoxy) is 2. The van der Waals surface area contributed by atoms with Crippen molar-refractivity contribution in [3.63, 3.8) is 0 Å². The average Bonchev–Trinajstić information content (AvgIpc) is 2.98. The zero-order valence-corrected chi connectivity index (χ0v) is 14.0. The Morgan fingerprint density at radius 2 is 2.00 bits per heavy atom. The summed E-state index contributed by atoms with van der Waals surface area (Å²) >= 11 is 0. The Morgan fingerprint density at radius 3 is 2.70 bits per heavy atom. The van der Waals surface area contributed by atoms with E-state index in [9.17, 15) is 10.1 Å². The Kier molecular flexibility index (Phi) is 10.0. The van der Waals surface area contributed by atoms with Gasteiger partial charge in [-0.1, -0.05) is 32.6 Å². The number of tetrazole rings is 1. The Labute approximate surface area is 136 Å². The van der Waals surface area contributed by atoms with Crippen LogP contribution in [-0.4, -0.2) is 51.5 Å². The molecule has 9 heteroatoms. The normalized spacial score (nSPS) is 12.4. The van der Waals surface area contributed by atoms with E-state index in [1.54, 1.807) is 0 Å².